The van der Waals surface area contributed by atoms with E-state index in [-0.39, 0.29) is 16.7 Å². The number of nitrogens with two attached hydrogens (primary N) is 1. The molecule has 0 aromatic heterocycles. The molecule has 1 aliphatic carbocycles. The van der Waals surface area contributed by atoms with Gasteiger partial charge in [-0.05, 0) is 69.4 Å². The fraction of sp³-hybridized carbons (Fsp3) is 0.700. The van der Waals surface area contributed by atoms with E-state index < -0.39 is 0 Å². The average Bonchev–Trinajstić information content (AvgIpc) is 2.64. The molecule has 1 saturated carbocycles. The molecule has 1 aromatic carbocycles. The van der Waals surface area contributed by atoms with Crippen LogP contribution in [0.25, 0.3) is 0 Å². The Kier molecular flexibility index (Phi) is 6.48. The third kappa shape index (κ3) is 4.74. The Morgan fingerprint density at radius 1 is 1.19 bits per heavy atom. The van der Waals surface area contributed by atoms with Crippen molar-refractivity contribution in [3.8, 4) is 0 Å². The van der Waals surface area contributed by atoms with Crippen LogP contribution in [0.3, 0.4) is 0 Å². The van der Waals surface area contributed by atoms with Crippen LogP contribution in [-0.2, 0) is 11.2 Å². The molecule has 0 unspecified atom stereocenters. The number of piperidine rings is 1. The first-order valence-corrected chi connectivity index (χ1v) is 9.96. The highest BCUT2D eigenvalue weighted by Gasteiger charge is 2.25. The number of ether oxygens (including phenoxy) is 1. The smallest absolute Gasteiger partial charge is 0.292 e. The van der Waals surface area contributed by atoms with Crippen LogP contribution >= 0.6 is 0 Å². The van der Waals surface area contributed by atoms with Crippen LogP contribution in [0.2, 0.25) is 0 Å². The summed E-state index contributed by atoms with van der Waals surface area (Å²) in [5.41, 5.74) is 8.18. The number of anilines is 1. The van der Waals surface area contributed by atoms with Crippen molar-refractivity contribution in [2.75, 3.05) is 24.6 Å². The van der Waals surface area contributed by atoms with Gasteiger partial charge >= 0.3 is 0 Å². The molecule has 2 N–H and O–H groups in total. The largest absolute Gasteiger partial charge is 0.379 e. The average molecular weight is 361 g/mol. The van der Waals surface area contributed by atoms with Gasteiger partial charge in [0.2, 0.25) is 0 Å². The lowest BCUT2D eigenvalue weighted by molar-refractivity contribution is -0.384. The van der Waals surface area contributed by atoms with Crippen molar-refractivity contribution < 1.29 is 9.66 Å². The molecule has 0 spiro atoms. The Hall–Kier alpha value is -1.66. The summed E-state index contributed by atoms with van der Waals surface area (Å²) in [5.74, 6) is 0.649. The molecule has 3 rings (SSSR count). The monoisotopic (exact) mass is 361 g/mol. The molecule has 1 heterocycles. The number of hydrogen-bond donors (Lipinski definition) is 1. The molecule has 26 heavy (non-hydrogen) atoms. The molecule has 0 amide bonds. The minimum absolute atomic E-state index is 0.212. The summed E-state index contributed by atoms with van der Waals surface area (Å²) in [6, 6.07) is 5.88. The van der Waals surface area contributed by atoms with E-state index in [2.05, 4.69) is 11.8 Å². The predicted molar refractivity (Wildman–Crippen MR) is 104 cm³/mol. The second-order valence-corrected chi connectivity index (χ2v) is 7.71. The topological polar surface area (TPSA) is 81.6 Å². The van der Waals surface area contributed by atoms with E-state index in [0.29, 0.717) is 12.0 Å². The molecular weight excluding hydrogens is 330 g/mol. The molecule has 0 radical (unpaired) electrons. The Morgan fingerprint density at radius 3 is 2.50 bits per heavy atom. The van der Waals surface area contributed by atoms with Crippen LogP contribution in [0.15, 0.2) is 18.2 Å². The predicted octanol–water partition coefficient (Wildman–Crippen LogP) is 3.66. The highest BCUT2D eigenvalue weighted by atomic mass is 16.6. The van der Waals surface area contributed by atoms with Crippen molar-refractivity contribution >= 4 is 11.4 Å². The van der Waals surface area contributed by atoms with E-state index in [9.17, 15) is 10.1 Å². The van der Waals surface area contributed by atoms with Crippen molar-refractivity contribution in [1.29, 1.82) is 0 Å². The maximum Gasteiger partial charge on any atom is 0.292 e. The maximum atomic E-state index is 11.5. The summed E-state index contributed by atoms with van der Waals surface area (Å²) in [6.45, 7) is 4.44. The molecule has 1 aromatic rings. The van der Waals surface area contributed by atoms with Gasteiger partial charge in [0.25, 0.3) is 5.69 Å². The Morgan fingerprint density at radius 2 is 1.88 bits per heavy atom. The first-order chi connectivity index (χ1) is 12.6. The zero-order valence-electron chi connectivity index (χ0n) is 15.7. The fourth-order valence-corrected chi connectivity index (χ4v) is 4.32. The van der Waals surface area contributed by atoms with Crippen molar-refractivity contribution in [3.63, 3.8) is 0 Å². The van der Waals surface area contributed by atoms with Crippen molar-refractivity contribution in [3.05, 3.63) is 33.9 Å². The lowest BCUT2D eigenvalue weighted by Crippen LogP contribution is -2.40. The zero-order chi connectivity index (χ0) is 18.5. The van der Waals surface area contributed by atoms with Crippen LogP contribution in [0, 0.1) is 16.0 Å². The second kappa shape index (κ2) is 8.82. The Bertz CT molecular complexity index is 606. The molecule has 144 valence electrons. The van der Waals surface area contributed by atoms with Gasteiger partial charge in [-0.25, -0.2) is 0 Å². The Balaban J connectivity index is 1.69. The fourth-order valence-electron chi connectivity index (χ4n) is 4.32. The van der Waals surface area contributed by atoms with E-state index in [1.165, 1.54) is 18.4 Å². The Labute approximate surface area is 155 Å². The first kappa shape index (κ1) is 19.1. The van der Waals surface area contributed by atoms with Crippen LogP contribution < -0.4 is 10.6 Å². The molecule has 0 bridgehead atoms. The normalized spacial score (nSPS) is 24.6. The number of rotatable bonds is 6. The van der Waals surface area contributed by atoms with Crippen LogP contribution in [-0.4, -0.2) is 36.8 Å². The van der Waals surface area contributed by atoms with Gasteiger partial charge in [0, 0.05) is 31.8 Å². The molecule has 6 nitrogen and oxygen atoms in total. The number of nitrogens with zero attached hydrogens (tertiary/aromatic N) is 2. The SMILES string of the molecule is CCOC1CCC(Cc2ccc([N+](=O)[O-])c(N3CCC(N)CC3)c2)CC1. The van der Waals surface area contributed by atoms with Crippen LogP contribution in [0.5, 0.6) is 0 Å². The summed E-state index contributed by atoms with van der Waals surface area (Å²) in [7, 11) is 0. The van der Waals surface area contributed by atoms with Crippen LogP contribution in [0.1, 0.15) is 51.0 Å². The van der Waals surface area contributed by atoms with Gasteiger partial charge in [-0.15, -0.1) is 0 Å². The van der Waals surface area contributed by atoms with Gasteiger partial charge in [-0.3, -0.25) is 10.1 Å². The van der Waals surface area contributed by atoms with Crippen LogP contribution in [0.4, 0.5) is 11.4 Å². The first-order valence-electron chi connectivity index (χ1n) is 9.96. The second-order valence-electron chi connectivity index (χ2n) is 7.71. The molecular formula is C20H31N3O3. The molecule has 2 fully saturated rings. The van der Waals surface area contributed by atoms with Gasteiger partial charge in [0.05, 0.1) is 11.0 Å². The lowest BCUT2D eigenvalue weighted by atomic mass is 9.83. The van der Waals surface area contributed by atoms with E-state index in [4.69, 9.17) is 10.5 Å². The zero-order valence-corrected chi connectivity index (χ0v) is 15.7. The quantitative estimate of drug-likeness (QED) is 0.618. The summed E-state index contributed by atoms with van der Waals surface area (Å²) < 4.78 is 5.74. The molecule has 1 aliphatic heterocycles. The molecule has 2 aliphatic rings. The third-order valence-corrected chi connectivity index (χ3v) is 5.84. The van der Waals surface area contributed by atoms with Crippen molar-refractivity contribution in [1.82, 2.24) is 0 Å². The van der Waals surface area contributed by atoms with E-state index in [1.807, 2.05) is 12.1 Å². The third-order valence-electron chi connectivity index (χ3n) is 5.84. The standard InChI is InChI=1S/C20H31N3O3/c1-2-26-18-6-3-15(4-7-18)13-16-5-8-19(23(24)25)20(14-16)22-11-9-17(21)10-12-22/h5,8,14-15,17-18H,2-4,6-7,9-13,21H2,1H3. The van der Waals surface area contributed by atoms with E-state index in [1.54, 1.807) is 6.07 Å². The summed E-state index contributed by atoms with van der Waals surface area (Å²) in [5, 5.41) is 11.5. The number of nitro benzene ring substituents is 1. The number of nitro groups is 1. The minimum atomic E-state index is -0.263. The van der Waals surface area contributed by atoms with Gasteiger partial charge in [-0.1, -0.05) is 6.07 Å². The van der Waals surface area contributed by atoms with E-state index >= 15 is 0 Å². The lowest BCUT2D eigenvalue weighted by Gasteiger charge is -2.32. The number of benzene rings is 1. The maximum absolute atomic E-state index is 11.5. The highest BCUT2D eigenvalue weighted by Crippen LogP contribution is 2.34. The van der Waals surface area contributed by atoms with Gasteiger partial charge < -0.3 is 15.4 Å². The number of hydrogen-bond acceptors (Lipinski definition) is 5. The van der Waals surface area contributed by atoms with Gasteiger partial charge in [0.15, 0.2) is 0 Å². The highest BCUT2D eigenvalue weighted by molar-refractivity contribution is 5.64. The van der Waals surface area contributed by atoms with Gasteiger partial charge in [-0.2, -0.15) is 0 Å². The summed E-state index contributed by atoms with van der Waals surface area (Å²) in [4.78, 5) is 13.3. The van der Waals surface area contributed by atoms with Crippen molar-refractivity contribution in [2.24, 2.45) is 11.7 Å². The summed E-state index contributed by atoms with van der Waals surface area (Å²) in [6.07, 6.45) is 7.81. The molecule has 6 heteroatoms. The van der Waals surface area contributed by atoms with Crippen molar-refractivity contribution in [2.45, 2.75) is 64.0 Å². The minimum Gasteiger partial charge on any atom is -0.379 e. The van der Waals surface area contributed by atoms with Gasteiger partial charge in [0.1, 0.15) is 5.69 Å². The molecule has 0 atom stereocenters. The van der Waals surface area contributed by atoms with E-state index in [0.717, 1.165) is 57.5 Å². The molecule has 1 saturated heterocycles. The summed E-state index contributed by atoms with van der Waals surface area (Å²) >= 11 is 0.